The lowest BCUT2D eigenvalue weighted by Crippen LogP contribution is -2.36. The first-order chi connectivity index (χ1) is 13.0. The van der Waals surface area contributed by atoms with Gasteiger partial charge in [0, 0.05) is 48.5 Å². The molecular formula is C20H14F3N3O. The fourth-order valence-electron chi connectivity index (χ4n) is 3.09. The first-order valence-corrected chi connectivity index (χ1v) is 8.36. The molecule has 0 saturated heterocycles. The molecule has 3 aromatic rings. The molecule has 0 aliphatic carbocycles. The predicted molar refractivity (Wildman–Crippen MR) is 92.2 cm³/mol. The molecule has 0 spiro atoms. The molecule has 1 aliphatic heterocycles. The molecule has 0 saturated carbocycles. The first kappa shape index (κ1) is 17.2. The normalized spacial score (nSPS) is 13.4. The monoisotopic (exact) mass is 369 g/mol. The molecule has 2 aromatic carbocycles. The number of aromatic nitrogens is 2. The molecule has 136 valence electrons. The summed E-state index contributed by atoms with van der Waals surface area (Å²) in [5.74, 6) is -1.87. The highest BCUT2D eigenvalue weighted by Crippen LogP contribution is 2.23. The molecule has 7 heteroatoms. The number of nitrogens with zero attached hydrogens (tertiary/aromatic N) is 3. The number of hydrogen-bond acceptors (Lipinski definition) is 3. The fraction of sp³-hybridized carbons (Fsp3) is 0.150. The fourth-order valence-corrected chi connectivity index (χ4v) is 3.09. The second kappa shape index (κ2) is 6.83. The van der Waals surface area contributed by atoms with Crippen molar-refractivity contribution >= 4 is 5.91 Å². The SMILES string of the molecule is O=C(c1cc(F)cc(F)c1)N1CCc2nc(-c3ccc(F)cc3)ncc2C1. The van der Waals surface area contributed by atoms with Crippen molar-refractivity contribution in [2.24, 2.45) is 0 Å². The molecule has 0 N–H and O–H groups in total. The molecule has 0 unspecified atom stereocenters. The van der Waals surface area contributed by atoms with Crippen LogP contribution in [0.1, 0.15) is 21.6 Å². The van der Waals surface area contributed by atoms with Crippen molar-refractivity contribution in [2.75, 3.05) is 6.54 Å². The maximum atomic E-state index is 13.4. The number of carbonyl (C=O) groups is 1. The largest absolute Gasteiger partial charge is 0.334 e. The van der Waals surface area contributed by atoms with Crippen LogP contribution in [0.5, 0.6) is 0 Å². The van der Waals surface area contributed by atoms with Gasteiger partial charge in [-0.1, -0.05) is 0 Å². The zero-order valence-electron chi connectivity index (χ0n) is 14.1. The van der Waals surface area contributed by atoms with Gasteiger partial charge in [0.15, 0.2) is 5.82 Å². The molecule has 0 radical (unpaired) electrons. The van der Waals surface area contributed by atoms with Gasteiger partial charge in [-0.25, -0.2) is 23.1 Å². The van der Waals surface area contributed by atoms with Gasteiger partial charge in [-0.3, -0.25) is 4.79 Å². The Balaban J connectivity index is 1.56. The van der Waals surface area contributed by atoms with E-state index in [1.807, 2.05) is 0 Å². The molecule has 1 aliphatic rings. The zero-order valence-corrected chi connectivity index (χ0v) is 14.1. The summed E-state index contributed by atoms with van der Waals surface area (Å²) in [5, 5.41) is 0. The van der Waals surface area contributed by atoms with Gasteiger partial charge in [-0.15, -0.1) is 0 Å². The Labute approximate surface area is 153 Å². The van der Waals surface area contributed by atoms with Crippen LogP contribution < -0.4 is 0 Å². The van der Waals surface area contributed by atoms with Crippen LogP contribution in [-0.4, -0.2) is 27.3 Å². The highest BCUT2D eigenvalue weighted by Gasteiger charge is 2.24. The molecule has 0 atom stereocenters. The minimum atomic E-state index is -0.789. The highest BCUT2D eigenvalue weighted by atomic mass is 19.1. The third-order valence-corrected chi connectivity index (χ3v) is 4.43. The summed E-state index contributed by atoms with van der Waals surface area (Å²) in [6, 6.07) is 8.67. The van der Waals surface area contributed by atoms with Gasteiger partial charge in [-0.2, -0.15) is 0 Å². The molecule has 1 amide bonds. The summed E-state index contributed by atoms with van der Waals surface area (Å²) in [5.41, 5.74) is 2.25. The number of halogens is 3. The number of carbonyl (C=O) groups excluding carboxylic acids is 1. The van der Waals surface area contributed by atoms with Gasteiger partial charge in [0.2, 0.25) is 0 Å². The standard InChI is InChI=1S/C20H14F3N3O/c21-15-3-1-12(2-4-15)19-24-10-14-11-26(6-5-18(14)25-19)20(27)13-7-16(22)9-17(23)8-13/h1-4,7-10H,5-6,11H2. The molecular weight excluding hydrogens is 355 g/mol. The minimum absolute atomic E-state index is 0.0280. The van der Waals surface area contributed by atoms with Crippen LogP contribution in [0.2, 0.25) is 0 Å². The first-order valence-electron chi connectivity index (χ1n) is 8.36. The van der Waals surface area contributed by atoms with Crippen LogP contribution in [0.15, 0.2) is 48.7 Å². The topological polar surface area (TPSA) is 46.1 Å². The molecule has 4 nitrogen and oxygen atoms in total. The summed E-state index contributed by atoms with van der Waals surface area (Å²) in [6.45, 7) is 0.639. The smallest absolute Gasteiger partial charge is 0.254 e. The van der Waals surface area contributed by atoms with Crippen LogP contribution in [0, 0.1) is 17.5 Å². The highest BCUT2D eigenvalue weighted by molar-refractivity contribution is 5.94. The average molecular weight is 369 g/mol. The Bertz CT molecular complexity index is 1000. The van der Waals surface area contributed by atoms with Crippen LogP contribution in [0.4, 0.5) is 13.2 Å². The van der Waals surface area contributed by atoms with Gasteiger partial charge in [-0.05, 0) is 36.4 Å². The Hall–Kier alpha value is -3.22. The van der Waals surface area contributed by atoms with E-state index in [0.29, 0.717) is 24.4 Å². The van der Waals surface area contributed by atoms with Crippen molar-refractivity contribution in [1.82, 2.24) is 14.9 Å². The minimum Gasteiger partial charge on any atom is -0.334 e. The number of rotatable bonds is 2. The average Bonchev–Trinajstić information content (AvgIpc) is 2.66. The zero-order chi connectivity index (χ0) is 19.0. The Morgan fingerprint density at radius 2 is 1.67 bits per heavy atom. The van der Waals surface area contributed by atoms with Gasteiger partial charge in [0.05, 0.1) is 5.69 Å². The molecule has 4 rings (SSSR count). The van der Waals surface area contributed by atoms with E-state index in [1.54, 1.807) is 18.3 Å². The quantitative estimate of drug-likeness (QED) is 0.691. The number of amides is 1. The van der Waals surface area contributed by atoms with Crippen molar-refractivity contribution in [1.29, 1.82) is 0 Å². The lowest BCUT2D eigenvalue weighted by Gasteiger charge is -2.28. The van der Waals surface area contributed by atoms with E-state index in [1.165, 1.54) is 17.0 Å². The van der Waals surface area contributed by atoms with Gasteiger partial charge < -0.3 is 4.90 Å². The third kappa shape index (κ3) is 3.53. The second-order valence-corrected chi connectivity index (χ2v) is 6.31. The maximum absolute atomic E-state index is 13.4. The van der Waals surface area contributed by atoms with E-state index in [4.69, 9.17) is 0 Å². The summed E-state index contributed by atoms with van der Waals surface area (Å²) >= 11 is 0. The van der Waals surface area contributed by atoms with Crippen molar-refractivity contribution in [3.63, 3.8) is 0 Å². The van der Waals surface area contributed by atoms with Crippen molar-refractivity contribution in [3.05, 3.63) is 82.9 Å². The van der Waals surface area contributed by atoms with E-state index >= 15 is 0 Å². The van der Waals surface area contributed by atoms with Gasteiger partial charge >= 0.3 is 0 Å². The number of hydrogen-bond donors (Lipinski definition) is 0. The summed E-state index contributed by atoms with van der Waals surface area (Å²) < 4.78 is 39.8. The van der Waals surface area contributed by atoms with Crippen LogP contribution in [0.3, 0.4) is 0 Å². The van der Waals surface area contributed by atoms with Crippen LogP contribution in [0.25, 0.3) is 11.4 Å². The van der Waals surface area contributed by atoms with E-state index in [-0.39, 0.29) is 17.9 Å². The summed E-state index contributed by atoms with van der Waals surface area (Å²) in [7, 11) is 0. The van der Waals surface area contributed by atoms with E-state index in [9.17, 15) is 18.0 Å². The Kier molecular flexibility index (Phi) is 4.35. The third-order valence-electron chi connectivity index (χ3n) is 4.43. The second-order valence-electron chi connectivity index (χ2n) is 6.31. The summed E-state index contributed by atoms with van der Waals surface area (Å²) in [6.07, 6.45) is 2.13. The van der Waals surface area contributed by atoms with E-state index in [0.717, 1.165) is 29.5 Å². The maximum Gasteiger partial charge on any atom is 0.254 e. The van der Waals surface area contributed by atoms with Crippen LogP contribution >= 0.6 is 0 Å². The number of benzene rings is 2. The Morgan fingerprint density at radius 1 is 0.963 bits per heavy atom. The molecule has 2 heterocycles. The van der Waals surface area contributed by atoms with Crippen molar-refractivity contribution < 1.29 is 18.0 Å². The van der Waals surface area contributed by atoms with Crippen molar-refractivity contribution in [2.45, 2.75) is 13.0 Å². The van der Waals surface area contributed by atoms with Crippen LogP contribution in [-0.2, 0) is 13.0 Å². The van der Waals surface area contributed by atoms with Crippen molar-refractivity contribution in [3.8, 4) is 11.4 Å². The lowest BCUT2D eigenvalue weighted by molar-refractivity contribution is 0.0732. The van der Waals surface area contributed by atoms with E-state index < -0.39 is 17.5 Å². The molecule has 1 aromatic heterocycles. The predicted octanol–water partition coefficient (Wildman–Crippen LogP) is 3.76. The molecule has 27 heavy (non-hydrogen) atoms. The Morgan fingerprint density at radius 3 is 2.37 bits per heavy atom. The molecule has 0 bridgehead atoms. The number of fused-ring (bicyclic) bond motifs is 1. The molecule has 0 fully saturated rings. The summed E-state index contributed by atoms with van der Waals surface area (Å²) in [4.78, 5) is 22.9. The van der Waals surface area contributed by atoms with E-state index in [2.05, 4.69) is 9.97 Å². The lowest BCUT2D eigenvalue weighted by atomic mass is 10.1. The van der Waals surface area contributed by atoms with Gasteiger partial charge in [0.1, 0.15) is 17.5 Å². The van der Waals surface area contributed by atoms with Gasteiger partial charge in [0.25, 0.3) is 5.91 Å².